The largest absolute Gasteiger partial charge is 0.369 e. The summed E-state index contributed by atoms with van der Waals surface area (Å²) < 4.78 is 0. The predicted octanol–water partition coefficient (Wildman–Crippen LogP) is 2.92. The lowest BCUT2D eigenvalue weighted by Crippen LogP contribution is -2.11. The molecule has 2 N–H and O–H groups in total. The number of nitrogens with zero attached hydrogens (tertiary/aromatic N) is 1. The third-order valence-electron chi connectivity index (χ3n) is 2.22. The van der Waals surface area contributed by atoms with Gasteiger partial charge in [-0.1, -0.05) is 34.1 Å². The molecule has 0 amide bonds. The van der Waals surface area contributed by atoms with E-state index in [2.05, 4.69) is 49.3 Å². The van der Waals surface area contributed by atoms with Gasteiger partial charge in [-0.2, -0.15) is 5.10 Å². The molecule has 1 heterocycles. The summed E-state index contributed by atoms with van der Waals surface area (Å²) in [5, 5.41) is 10.6. The molecular formula is C11H21N3. The molecule has 3 nitrogen and oxygen atoms in total. The van der Waals surface area contributed by atoms with Gasteiger partial charge in [0.25, 0.3) is 0 Å². The number of rotatable bonds is 4. The molecule has 0 bridgehead atoms. The van der Waals surface area contributed by atoms with Crippen molar-refractivity contribution in [1.29, 1.82) is 0 Å². The summed E-state index contributed by atoms with van der Waals surface area (Å²) in [6.45, 7) is 9.72. The second-order valence-electron chi connectivity index (χ2n) is 4.70. The lowest BCUT2D eigenvalue weighted by atomic mass is 9.92. The van der Waals surface area contributed by atoms with E-state index < -0.39 is 0 Å². The van der Waals surface area contributed by atoms with Gasteiger partial charge in [-0.05, 0) is 6.42 Å². The lowest BCUT2D eigenvalue weighted by molar-refractivity contribution is 0.567. The molecule has 0 aliphatic heterocycles. The molecule has 0 aromatic carbocycles. The normalized spacial score (nSPS) is 11.7. The second-order valence-corrected chi connectivity index (χ2v) is 4.70. The summed E-state index contributed by atoms with van der Waals surface area (Å²) >= 11 is 0. The lowest BCUT2D eigenvalue weighted by Gasteiger charge is -2.14. The van der Waals surface area contributed by atoms with Crippen molar-refractivity contribution in [2.45, 2.75) is 46.0 Å². The molecule has 3 heteroatoms. The Kier molecular flexibility index (Phi) is 3.55. The van der Waals surface area contributed by atoms with Gasteiger partial charge < -0.3 is 5.32 Å². The number of hydrogen-bond acceptors (Lipinski definition) is 2. The number of nitrogens with one attached hydrogen (secondary N) is 2. The first-order valence-electron chi connectivity index (χ1n) is 5.34. The Labute approximate surface area is 86.3 Å². The summed E-state index contributed by atoms with van der Waals surface area (Å²) in [4.78, 5) is 0. The number of unbranched alkanes of at least 4 members (excludes halogenated alkanes) is 1. The minimum atomic E-state index is 0.150. The molecule has 1 aromatic heterocycles. The van der Waals surface area contributed by atoms with Gasteiger partial charge in [0.05, 0.1) is 0 Å². The van der Waals surface area contributed by atoms with Crippen molar-refractivity contribution in [1.82, 2.24) is 10.2 Å². The quantitative estimate of drug-likeness (QED) is 0.725. The van der Waals surface area contributed by atoms with Crippen LogP contribution in [0, 0.1) is 0 Å². The fourth-order valence-corrected chi connectivity index (χ4v) is 1.19. The van der Waals surface area contributed by atoms with Crippen molar-refractivity contribution in [2.24, 2.45) is 0 Å². The first kappa shape index (κ1) is 11.1. The average molecular weight is 195 g/mol. The highest BCUT2D eigenvalue weighted by Gasteiger charge is 2.16. The Morgan fingerprint density at radius 1 is 1.43 bits per heavy atom. The van der Waals surface area contributed by atoms with Gasteiger partial charge in [0.1, 0.15) is 5.82 Å². The van der Waals surface area contributed by atoms with Gasteiger partial charge in [0.15, 0.2) is 0 Å². The second kappa shape index (κ2) is 4.49. The number of hydrogen-bond donors (Lipinski definition) is 2. The fourth-order valence-electron chi connectivity index (χ4n) is 1.19. The van der Waals surface area contributed by atoms with Crippen LogP contribution in [0.15, 0.2) is 6.07 Å². The summed E-state index contributed by atoms with van der Waals surface area (Å²) in [5.74, 6) is 0.961. The van der Waals surface area contributed by atoms with E-state index in [1.165, 1.54) is 18.5 Å². The van der Waals surface area contributed by atoms with Crippen LogP contribution in [-0.2, 0) is 5.41 Å². The van der Waals surface area contributed by atoms with Gasteiger partial charge in [-0.3, -0.25) is 5.10 Å². The number of anilines is 1. The smallest absolute Gasteiger partial charge is 0.148 e. The minimum Gasteiger partial charge on any atom is -0.369 e. The van der Waals surface area contributed by atoms with Gasteiger partial charge in [0, 0.05) is 23.7 Å². The third kappa shape index (κ3) is 3.05. The Hall–Kier alpha value is -0.990. The first-order valence-corrected chi connectivity index (χ1v) is 5.34. The van der Waals surface area contributed by atoms with Gasteiger partial charge in [0.2, 0.25) is 0 Å². The molecule has 1 rings (SSSR count). The van der Waals surface area contributed by atoms with E-state index in [4.69, 9.17) is 0 Å². The standard InChI is InChI=1S/C11H21N3/c1-5-6-7-12-10-8-9(13-14-10)11(2,3)4/h8H,5-7H2,1-4H3,(H2,12,13,14). The highest BCUT2D eigenvalue weighted by atomic mass is 15.2. The van der Waals surface area contributed by atoms with Gasteiger partial charge >= 0.3 is 0 Å². The summed E-state index contributed by atoms with van der Waals surface area (Å²) in [7, 11) is 0. The van der Waals surface area contributed by atoms with E-state index >= 15 is 0 Å². The highest BCUT2D eigenvalue weighted by molar-refractivity contribution is 5.37. The molecule has 0 saturated heterocycles. The highest BCUT2D eigenvalue weighted by Crippen LogP contribution is 2.21. The van der Waals surface area contributed by atoms with Crippen LogP contribution in [0.2, 0.25) is 0 Å². The van der Waals surface area contributed by atoms with Crippen LogP contribution >= 0.6 is 0 Å². The van der Waals surface area contributed by atoms with Crippen molar-refractivity contribution < 1.29 is 0 Å². The molecule has 0 radical (unpaired) electrons. The maximum atomic E-state index is 4.22. The van der Waals surface area contributed by atoms with E-state index in [0.29, 0.717) is 0 Å². The molecule has 80 valence electrons. The minimum absolute atomic E-state index is 0.150. The molecule has 1 aromatic rings. The van der Waals surface area contributed by atoms with Gasteiger partial charge in [-0.15, -0.1) is 0 Å². The Balaban J connectivity index is 2.51. The van der Waals surface area contributed by atoms with E-state index in [9.17, 15) is 0 Å². The Morgan fingerprint density at radius 2 is 2.14 bits per heavy atom. The fraction of sp³-hybridized carbons (Fsp3) is 0.727. The topological polar surface area (TPSA) is 40.7 Å². The average Bonchev–Trinajstić information content (AvgIpc) is 2.52. The van der Waals surface area contributed by atoms with Crippen LogP contribution in [0.3, 0.4) is 0 Å². The monoisotopic (exact) mass is 195 g/mol. The zero-order valence-electron chi connectivity index (χ0n) is 9.65. The zero-order valence-corrected chi connectivity index (χ0v) is 9.65. The molecule has 0 aliphatic rings. The molecule has 0 unspecified atom stereocenters. The van der Waals surface area contributed by atoms with Crippen LogP contribution in [0.4, 0.5) is 5.82 Å². The summed E-state index contributed by atoms with van der Waals surface area (Å²) in [5.41, 5.74) is 1.33. The predicted molar refractivity (Wildman–Crippen MR) is 60.7 cm³/mol. The molecular weight excluding hydrogens is 174 g/mol. The van der Waals surface area contributed by atoms with Crippen molar-refractivity contribution >= 4 is 5.82 Å². The molecule has 0 saturated carbocycles. The van der Waals surface area contributed by atoms with Gasteiger partial charge in [-0.25, -0.2) is 0 Å². The van der Waals surface area contributed by atoms with Crippen LogP contribution in [0.1, 0.15) is 46.2 Å². The Bertz CT molecular complexity index is 270. The van der Waals surface area contributed by atoms with Crippen molar-refractivity contribution in [3.8, 4) is 0 Å². The Morgan fingerprint density at radius 3 is 2.64 bits per heavy atom. The maximum absolute atomic E-state index is 4.22. The molecule has 0 fully saturated rings. The van der Waals surface area contributed by atoms with E-state index in [-0.39, 0.29) is 5.41 Å². The summed E-state index contributed by atoms with van der Waals surface area (Å²) in [6, 6.07) is 2.09. The number of aromatic nitrogens is 2. The van der Waals surface area contributed by atoms with Crippen molar-refractivity contribution in [3.63, 3.8) is 0 Å². The maximum Gasteiger partial charge on any atom is 0.148 e. The number of aromatic amines is 1. The van der Waals surface area contributed by atoms with Crippen LogP contribution in [0.5, 0.6) is 0 Å². The van der Waals surface area contributed by atoms with E-state index in [1.807, 2.05) is 0 Å². The van der Waals surface area contributed by atoms with Crippen molar-refractivity contribution in [2.75, 3.05) is 11.9 Å². The van der Waals surface area contributed by atoms with Crippen LogP contribution in [0.25, 0.3) is 0 Å². The first-order chi connectivity index (χ1) is 6.54. The molecule has 0 atom stereocenters. The van der Waals surface area contributed by atoms with Crippen molar-refractivity contribution in [3.05, 3.63) is 11.8 Å². The third-order valence-corrected chi connectivity index (χ3v) is 2.22. The molecule has 0 aliphatic carbocycles. The zero-order chi connectivity index (χ0) is 10.6. The van der Waals surface area contributed by atoms with Crippen LogP contribution < -0.4 is 5.32 Å². The van der Waals surface area contributed by atoms with E-state index in [1.54, 1.807) is 0 Å². The van der Waals surface area contributed by atoms with Crippen LogP contribution in [-0.4, -0.2) is 16.7 Å². The SMILES string of the molecule is CCCCNc1cc(C(C)(C)C)[nH]n1. The molecule has 0 spiro atoms. The molecule has 14 heavy (non-hydrogen) atoms. The summed E-state index contributed by atoms with van der Waals surface area (Å²) in [6.07, 6.45) is 2.40. The van der Waals surface area contributed by atoms with E-state index in [0.717, 1.165) is 12.4 Å². The number of H-pyrrole nitrogens is 1.